The first kappa shape index (κ1) is 13.0. The summed E-state index contributed by atoms with van der Waals surface area (Å²) >= 11 is 5.39. The molecular weight excluding hydrogens is 250 g/mol. The van der Waals surface area contributed by atoms with Crippen molar-refractivity contribution in [2.45, 2.75) is 13.1 Å². The molecule has 16 heavy (non-hydrogen) atoms. The summed E-state index contributed by atoms with van der Waals surface area (Å²) in [4.78, 5) is 7.50. The van der Waals surface area contributed by atoms with E-state index < -0.39 is 24.4 Å². The summed E-state index contributed by atoms with van der Waals surface area (Å²) in [5, 5.41) is -0.294. The highest BCUT2D eigenvalue weighted by Gasteiger charge is 2.31. The van der Waals surface area contributed by atoms with Crippen LogP contribution < -0.4 is 4.90 Å². The zero-order valence-electron chi connectivity index (χ0n) is 8.22. The Hall–Kier alpha value is -1.11. The van der Waals surface area contributed by atoms with Crippen LogP contribution in [0.3, 0.4) is 0 Å². The number of rotatable bonds is 3. The number of anilines is 1. The molecular formula is C8H8ClF4N3. The van der Waals surface area contributed by atoms with E-state index in [0.29, 0.717) is 0 Å². The minimum atomic E-state index is -4.43. The summed E-state index contributed by atoms with van der Waals surface area (Å²) < 4.78 is 49.7. The zero-order valence-corrected chi connectivity index (χ0v) is 8.98. The molecule has 0 atom stereocenters. The number of nitrogens with zero attached hydrogens (tertiary/aromatic N) is 3. The van der Waals surface area contributed by atoms with Crippen molar-refractivity contribution in [1.82, 2.24) is 9.97 Å². The van der Waals surface area contributed by atoms with Crippen molar-refractivity contribution in [3.8, 4) is 0 Å². The Kier molecular flexibility index (Phi) is 3.90. The maximum Gasteiger partial charge on any atom is 0.405 e. The molecule has 0 aliphatic rings. The molecule has 0 aliphatic heterocycles. The fourth-order valence-electron chi connectivity index (χ4n) is 1.11. The van der Waals surface area contributed by atoms with E-state index in [1.54, 1.807) is 0 Å². The van der Waals surface area contributed by atoms with Gasteiger partial charge in [-0.25, -0.2) is 9.37 Å². The van der Waals surface area contributed by atoms with Crippen LogP contribution in [0.2, 0.25) is 5.28 Å². The second kappa shape index (κ2) is 4.82. The van der Waals surface area contributed by atoms with Crippen molar-refractivity contribution in [2.75, 3.05) is 18.0 Å². The lowest BCUT2D eigenvalue weighted by Crippen LogP contribution is -2.35. The number of hydrogen-bond acceptors (Lipinski definition) is 3. The van der Waals surface area contributed by atoms with Gasteiger partial charge in [0.2, 0.25) is 5.28 Å². The first-order valence-corrected chi connectivity index (χ1v) is 4.71. The average Bonchev–Trinajstić information content (AvgIpc) is 2.17. The van der Waals surface area contributed by atoms with Crippen molar-refractivity contribution in [3.05, 3.63) is 17.3 Å². The number of halogens is 5. The summed E-state index contributed by atoms with van der Waals surface area (Å²) in [6.45, 7) is 0.138. The van der Waals surface area contributed by atoms with Crippen LogP contribution in [0.1, 0.15) is 6.92 Å². The van der Waals surface area contributed by atoms with Gasteiger partial charge in [0.05, 0.1) is 6.20 Å². The smallest absolute Gasteiger partial charge is 0.345 e. The predicted octanol–water partition coefficient (Wildman–Crippen LogP) is 2.66. The lowest BCUT2D eigenvalue weighted by molar-refractivity contribution is -0.119. The maximum atomic E-state index is 13.2. The summed E-state index contributed by atoms with van der Waals surface area (Å²) in [6.07, 6.45) is -3.69. The molecule has 0 fully saturated rings. The predicted molar refractivity (Wildman–Crippen MR) is 50.9 cm³/mol. The van der Waals surface area contributed by atoms with Gasteiger partial charge in [-0.1, -0.05) is 0 Å². The Labute approximate surface area is 94.1 Å². The molecule has 0 aliphatic carbocycles. The number of alkyl halides is 3. The van der Waals surface area contributed by atoms with E-state index in [0.717, 1.165) is 11.1 Å². The molecule has 3 nitrogen and oxygen atoms in total. The molecule has 1 heterocycles. The van der Waals surface area contributed by atoms with Crippen LogP contribution in [0.5, 0.6) is 0 Å². The third-order valence-corrected chi connectivity index (χ3v) is 1.93. The van der Waals surface area contributed by atoms with Crippen molar-refractivity contribution in [1.29, 1.82) is 0 Å². The maximum absolute atomic E-state index is 13.2. The van der Waals surface area contributed by atoms with E-state index in [2.05, 4.69) is 9.97 Å². The van der Waals surface area contributed by atoms with Crippen LogP contribution in [0.15, 0.2) is 6.20 Å². The van der Waals surface area contributed by atoms with Crippen molar-refractivity contribution >= 4 is 17.4 Å². The first-order chi connectivity index (χ1) is 7.33. The third kappa shape index (κ3) is 3.48. The molecule has 1 rings (SSSR count). The molecule has 8 heteroatoms. The Balaban J connectivity index is 2.99. The summed E-state index contributed by atoms with van der Waals surface area (Å²) in [7, 11) is 0. The molecule has 0 aromatic carbocycles. The molecule has 0 radical (unpaired) electrons. The SMILES string of the molecule is CCN(CC(F)(F)F)c1nc(Cl)ncc1F. The van der Waals surface area contributed by atoms with Gasteiger partial charge in [0.25, 0.3) is 0 Å². The molecule has 0 unspecified atom stereocenters. The second-order valence-electron chi connectivity index (χ2n) is 2.94. The summed E-state index contributed by atoms with van der Waals surface area (Å²) in [6, 6.07) is 0. The molecule has 0 spiro atoms. The van der Waals surface area contributed by atoms with E-state index >= 15 is 0 Å². The molecule has 0 saturated carbocycles. The zero-order chi connectivity index (χ0) is 12.3. The van der Waals surface area contributed by atoms with Gasteiger partial charge in [-0.05, 0) is 18.5 Å². The third-order valence-electron chi connectivity index (χ3n) is 1.75. The van der Waals surface area contributed by atoms with E-state index in [-0.39, 0.29) is 11.8 Å². The Bertz CT molecular complexity index is 369. The molecule has 0 N–H and O–H groups in total. The van der Waals surface area contributed by atoms with Crippen molar-refractivity contribution in [3.63, 3.8) is 0 Å². The molecule has 90 valence electrons. The standard InChI is InChI=1S/C8H8ClF4N3/c1-2-16(4-8(11,12)13)6-5(10)3-14-7(9)15-6/h3H,2,4H2,1H3. The number of hydrogen-bond donors (Lipinski definition) is 0. The first-order valence-electron chi connectivity index (χ1n) is 4.33. The number of aromatic nitrogens is 2. The largest absolute Gasteiger partial charge is 0.405 e. The van der Waals surface area contributed by atoms with Crippen LogP contribution in [0.4, 0.5) is 23.4 Å². The highest BCUT2D eigenvalue weighted by molar-refractivity contribution is 6.28. The van der Waals surface area contributed by atoms with E-state index in [4.69, 9.17) is 11.6 Å². The van der Waals surface area contributed by atoms with Gasteiger partial charge < -0.3 is 4.90 Å². The van der Waals surface area contributed by atoms with Crippen molar-refractivity contribution in [2.24, 2.45) is 0 Å². The van der Waals surface area contributed by atoms with Gasteiger partial charge in [0, 0.05) is 6.54 Å². The van der Waals surface area contributed by atoms with Crippen LogP contribution in [0, 0.1) is 5.82 Å². The minimum absolute atomic E-state index is 0.0379. The molecule has 0 bridgehead atoms. The molecule has 1 aromatic heterocycles. The quantitative estimate of drug-likeness (QED) is 0.616. The lowest BCUT2D eigenvalue weighted by atomic mass is 10.4. The second-order valence-corrected chi connectivity index (χ2v) is 3.28. The molecule has 1 aromatic rings. The highest BCUT2D eigenvalue weighted by Crippen LogP contribution is 2.23. The monoisotopic (exact) mass is 257 g/mol. The van der Waals surface area contributed by atoms with E-state index in [9.17, 15) is 17.6 Å². The normalized spacial score (nSPS) is 11.6. The van der Waals surface area contributed by atoms with Gasteiger partial charge in [-0.2, -0.15) is 18.2 Å². The Morgan fingerprint density at radius 2 is 2.06 bits per heavy atom. The summed E-state index contributed by atoms with van der Waals surface area (Å²) in [5.41, 5.74) is 0. The van der Waals surface area contributed by atoms with Gasteiger partial charge in [-0.3, -0.25) is 0 Å². The average molecular weight is 258 g/mol. The van der Waals surface area contributed by atoms with Gasteiger partial charge in [-0.15, -0.1) is 0 Å². The van der Waals surface area contributed by atoms with E-state index in [1.165, 1.54) is 6.92 Å². The Morgan fingerprint density at radius 3 is 2.56 bits per heavy atom. The molecule has 0 saturated heterocycles. The minimum Gasteiger partial charge on any atom is -0.345 e. The lowest BCUT2D eigenvalue weighted by Gasteiger charge is -2.23. The van der Waals surface area contributed by atoms with E-state index in [1.807, 2.05) is 0 Å². The van der Waals surface area contributed by atoms with Crippen molar-refractivity contribution < 1.29 is 17.6 Å². The van der Waals surface area contributed by atoms with Crippen LogP contribution >= 0.6 is 11.6 Å². The van der Waals surface area contributed by atoms with Crippen LogP contribution in [-0.2, 0) is 0 Å². The van der Waals surface area contributed by atoms with Gasteiger partial charge in [0.15, 0.2) is 11.6 Å². The fraction of sp³-hybridized carbons (Fsp3) is 0.500. The fourth-order valence-corrected chi connectivity index (χ4v) is 1.24. The van der Waals surface area contributed by atoms with Gasteiger partial charge >= 0.3 is 6.18 Å². The highest BCUT2D eigenvalue weighted by atomic mass is 35.5. The topological polar surface area (TPSA) is 29.0 Å². The summed E-state index contributed by atoms with van der Waals surface area (Å²) in [5.74, 6) is -1.38. The van der Waals surface area contributed by atoms with Crippen LogP contribution in [0.25, 0.3) is 0 Å². The Morgan fingerprint density at radius 1 is 1.44 bits per heavy atom. The van der Waals surface area contributed by atoms with Gasteiger partial charge in [0.1, 0.15) is 6.54 Å². The van der Waals surface area contributed by atoms with Crippen LogP contribution in [-0.4, -0.2) is 29.2 Å². The molecule has 0 amide bonds.